The van der Waals surface area contributed by atoms with E-state index in [1.807, 2.05) is 60.4 Å². The van der Waals surface area contributed by atoms with E-state index in [9.17, 15) is 9.59 Å². The number of nitrogens with zero attached hydrogens (tertiary/aromatic N) is 1. The summed E-state index contributed by atoms with van der Waals surface area (Å²) in [6.45, 7) is 3.41. The number of H-pyrrole nitrogens is 1. The van der Waals surface area contributed by atoms with Gasteiger partial charge in [-0.3, -0.25) is 9.59 Å². The van der Waals surface area contributed by atoms with E-state index in [1.165, 1.54) is 5.56 Å². The molecule has 29 heavy (non-hydrogen) atoms. The van der Waals surface area contributed by atoms with Crippen molar-refractivity contribution in [1.29, 1.82) is 0 Å². The van der Waals surface area contributed by atoms with Crippen LogP contribution in [0.4, 0.5) is 0 Å². The predicted octanol–water partition coefficient (Wildman–Crippen LogP) is 4.05. The zero-order valence-corrected chi connectivity index (χ0v) is 16.6. The Morgan fingerprint density at radius 3 is 2.62 bits per heavy atom. The van der Waals surface area contributed by atoms with Crippen molar-refractivity contribution in [2.45, 2.75) is 19.8 Å². The number of benzene rings is 2. The zero-order valence-electron chi connectivity index (χ0n) is 16.6. The number of hydrogen-bond donors (Lipinski definition) is 1. The summed E-state index contributed by atoms with van der Waals surface area (Å²) in [6.07, 6.45) is 1.57. The Bertz CT molecular complexity index is 963. The highest BCUT2D eigenvalue weighted by Gasteiger charge is 2.45. The fourth-order valence-corrected chi connectivity index (χ4v) is 3.81. The minimum atomic E-state index is -0.140. The normalized spacial score (nSPS) is 17.8. The van der Waals surface area contributed by atoms with Gasteiger partial charge in [0.05, 0.1) is 12.5 Å². The van der Waals surface area contributed by atoms with Crippen molar-refractivity contribution < 1.29 is 14.3 Å². The van der Waals surface area contributed by atoms with Crippen LogP contribution in [-0.2, 0) is 16.0 Å². The van der Waals surface area contributed by atoms with Crippen LogP contribution >= 0.6 is 0 Å². The fraction of sp³-hybridized carbons (Fsp3) is 0.333. The average molecular weight is 390 g/mol. The number of nitrogens with one attached hydrogen (secondary N) is 1. The Morgan fingerprint density at radius 1 is 1.10 bits per heavy atom. The van der Waals surface area contributed by atoms with Crippen molar-refractivity contribution in [2.24, 2.45) is 11.8 Å². The van der Waals surface area contributed by atoms with Crippen LogP contribution in [0.3, 0.4) is 0 Å². The van der Waals surface area contributed by atoms with Gasteiger partial charge in [-0.2, -0.15) is 0 Å². The second-order valence-corrected chi connectivity index (χ2v) is 7.61. The van der Waals surface area contributed by atoms with Gasteiger partial charge in [0.15, 0.2) is 0 Å². The first-order valence-corrected chi connectivity index (χ1v) is 10.2. The molecule has 0 spiro atoms. The molecule has 5 nitrogen and oxygen atoms in total. The molecule has 2 atom stereocenters. The standard InChI is InChI=1S/C24H26N2O3/c1-2-29-24(28)20-14-19(20)16-26(13-12-17-8-4-3-5-9-17)23(27)22-15-18-10-6-7-11-21(18)25-22/h3-11,15,19-20,25H,2,12-14,16H2,1H3/t19-,20+/m1/s1. The van der Waals surface area contributed by atoms with E-state index in [1.54, 1.807) is 0 Å². The zero-order chi connectivity index (χ0) is 20.2. The summed E-state index contributed by atoms with van der Waals surface area (Å²) in [5.74, 6) is -0.0620. The quantitative estimate of drug-likeness (QED) is 0.590. The summed E-state index contributed by atoms with van der Waals surface area (Å²) >= 11 is 0. The molecule has 1 fully saturated rings. The van der Waals surface area contributed by atoms with Crippen LogP contribution in [0.5, 0.6) is 0 Å². The third kappa shape index (κ3) is 4.50. The fourth-order valence-electron chi connectivity index (χ4n) is 3.81. The molecule has 1 saturated carbocycles. The molecule has 5 heteroatoms. The van der Waals surface area contributed by atoms with Crippen molar-refractivity contribution in [3.05, 3.63) is 71.9 Å². The maximum absolute atomic E-state index is 13.3. The van der Waals surface area contributed by atoms with Crippen molar-refractivity contribution in [3.8, 4) is 0 Å². The van der Waals surface area contributed by atoms with E-state index in [0.29, 0.717) is 25.4 Å². The molecular formula is C24H26N2O3. The Hall–Kier alpha value is -3.08. The van der Waals surface area contributed by atoms with E-state index in [-0.39, 0.29) is 23.7 Å². The molecule has 1 heterocycles. The number of aromatic nitrogens is 1. The van der Waals surface area contributed by atoms with Crippen LogP contribution in [-0.4, -0.2) is 41.5 Å². The van der Waals surface area contributed by atoms with E-state index >= 15 is 0 Å². The number of carbonyl (C=O) groups excluding carboxylic acids is 2. The van der Waals surface area contributed by atoms with Crippen LogP contribution in [0.2, 0.25) is 0 Å². The lowest BCUT2D eigenvalue weighted by atomic mass is 10.1. The van der Waals surface area contributed by atoms with Gasteiger partial charge < -0.3 is 14.6 Å². The monoisotopic (exact) mass is 390 g/mol. The molecule has 1 N–H and O–H groups in total. The van der Waals surface area contributed by atoms with Crippen LogP contribution in [0.25, 0.3) is 10.9 Å². The number of para-hydroxylation sites is 1. The molecule has 0 unspecified atom stereocenters. The molecule has 1 amide bonds. The Morgan fingerprint density at radius 2 is 1.86 bits per heavy atom. The summed E-state index contributed by atoms with van der Waals surface area (Å²) < 4.78 is 5.14. The number of rotatable bonds is 8. The minimum absolute atomic E-state index is 0.0216. The van der Waals surface area contributed by atoms with Gasteiger partial charge in [-0.05, 0) is 43.4 Å². The lowest BCUT2D eigenvalue weighted by molar-refractivity contribution is -0.145. The topological polar surface area (TPSA) is 62.4 Å². The molecule has 3 aromatic rings. The Balaban J connectivity index is 1.49. The average Bonchev–Trinajstić information content (AvgIpc) is 3.38. The lowest BCUT2D eigenvalue weighted by Crippen LogP contribution is -2.35. The number of hydrogen-bond acceptors (Lipinski definition) is 3. The highest BCUT2D eigenvalue weighted by molar-refractivity contribution is 5.98. The molecule has 150 valence electrons. The van der Waals surface area contributed by atoms with E-state index < -0.39 is 0 Å². The third-order valence-corrected chi connectivity index (χ3v) is 5.53. The Kier molecular flexibility index (Phi) is 5.65. The van der Waals surface area contributed by atoms with E-state index in [2.05, 4.69) is 17.1 Å². The predicted molar refractivity (Wildman–Crippen MR) is 113 cm³/mol. The molecule has 1 aromatic heterocycles. The van der Waals surface area contributed by atoms with E-state index in [4.69, 9.17) is 4.74 Å². The van der Waals surface area contributed by atoms with Gasteiger partial charge in [0.25, 0.3) is 5.91 Å². The van der Waals surface area contributed by atoms with Crippen LogP contribution in [0.1, 0.15) is 29.4 Å². The molecule has 1 aliphatic rings. The van der Waals surface area contributed by atoms with Gasteiger partial charge in [-0.1, -0.05) is 48.5 Å². The van der Waals surface area contributed by atoms with Crippen molar-refractivity contribution in [3.63, 3.8) is 0 Å². The molecule has 4 rings (SSSR count). The molecule has 0 bridgehead atoms. The van der Waals surface area contributed by atoms with Gasteiger partial charge >= 0.3 is 5.97 Å². The largest absolute Gasteiger partial charge is 0.466 e. The number of carbonyl (C=O) groups is 2. The first-order valence-electron chi connectivity index (χ1n) is 10.2. The molecule has 1 aliphatic carbocycles. The number of aromatic amines is 1. The highest BCUT2D eigenvalue weighted by Crippen LogP contribution is 2.40. The van der Waals surface area contributed by atoms with Crippen LogP contribution in [0.15, 0.2) is 60.7 Å². The lowest BCUT2D eigenvalue weighted by Gasteiger charge is -2.22. The SMILES string of the molecule is CCOC(=O)[C@H]1C[C@@H]1CN(CCc1ccccc1)C(=O)c1cc2ccccc2[nH]1. The molecule has 2 aromatic carbocycles. The minimum Gasteiger partial charge on any atom is -0.466 e. The van der Waals surface area contributed by atoms with Crippen molar-refractivity contribution in [1.82, 2.24) is 9.88 Å². The first-order chi connectivity index (χ1) is 14.2. The third-order valence-electron chi connectivity index (χ3n) is 5.53. The van der Waals surface area contributed by atoms with Gasteiger partial charge in [-0.25, -0.2) is 0 Å². The maximum Gasteiger partial charge on any atom is 0.309 e. The van der Waals surface area contributed by atoms with E-state index in [0.717, 1.165) is 23.7 Å². The van der Waals surface area contributed by atoms with Gasteiger partial charge in [-0.15, -0.1) is 0 Å². The van der Waals surface area contributed by atoms with Gasteiger partial charge in [0.1, 0.15) is 5.69 Å². The second-order valence-electron chi connectivity index (χ2n) is 7.61. The Labute approximate surface area is 170 Å². The van der Waals surface area contributed by atoms with Crippen LogP contribution in [0, 0.1) is 11.8 Å². The number of fused-ring (bicyclic) bond motifs is 1. The summed E-state index contributed by atoms with van der Waals surface area (Å²) in [5, 5.41) is 1.02. The maximum atomic E-state index is 13.3. The van der Waals surface area contributed by atoms with Crippen LogP contribution < -0.4 is 0 Å². The summed E-state index contributed by atoms with van der Waals surface area (Å²) in [7, 11) is 0. The molecular weight excluding hydrogens is 364 g/mol. The number of esters is 1. The van der Waals surface area contributed by atoms with Gasteiger partial charge in [0.2, 0.25) is 0 Å². The second kappa shape index (κ2) is 8.52. The molecule has 0 radical (unpaired) electrons. The molecule has 0 aliphatic heterocycles. The van der Waals surface area contributed by atoms with Gasteiger partial charge in [0, 0.05) is 24.0 Å². The highest BCUT2D eigenvalue weighted by atomic mass is 16.5. The summed E-state index contributed by atoms with van der Waals surface area (Å²) in [5.41, 5.74) is 2.74. The summed E-state index contributed by atoms with van der Waals surface area (Å²) in [4.78, 5) is 30.4. The number of amides is 1. The first kappa shape index (κ1) is 19.2. The summed E-state index contributed by atoms with van der Waals surface area (Å²) in [6, 6.07) is 19.9. The van der Waals surface area contributed by atoms with Crippen molar-refractivity contribution in [2.75, 3.05) is 19.7 Å². The number of ether oxygens (including phenoxy) is 1. The molecule has 0 saturated heterocycles. The van der Waals surface area contributed by atoms with Crippen molar-refractivity contribution >= 4 is 22.8 Å². The smallest absolute Gasteiger partial charge is 0.309 e.